The fourth-order valence-corrected chi connectivity index (χ4v) is 3.03. The van der Waals surface area contributed by atoms with Crippen LogP contribution in [0.3, 0.4) is 0 Å². The number of aryl methyl sites for hydroxylation is 2. The Hall–Kier alpha value is -0.850. The minimum Gasteiger partial charge on any atom is -0.465 e. The third-order valence-corrected chi connectivity index (χ3v) is 3.99. The quantitative estimate of drug-likeness (QED) is 0.801. The Bertz CT molecular complexity index is 465. The Balaban J connectivity index is 2.73. The number of hydrogen-bond donors (Lipinski definition) is 2. The average molecular weight is 260 g/mol. The van der Waals surface area contributed by atoms with Gasteiger partial charge in [-0.2, -0.15) is 0 Å². The zero-order valence-electron chi connectivity index (χ0n) is 10.7. The molecule has 1 atom stereocenters. The van der Waals surface area contributed by atoms with E-state index in [1.54, 1.807) is 19.9 Å². The highest BCUT2D eigenvalue weighted by molar-refractivity contribution is 7.89. The predicted octanol–water partition coefficient (Wildman–Crippen LogP) is 1.03. The lowest BCUT2D eigenvalue weighted by atomic mass is 10.2. The van der Waals surface area contributed by atoms with Crippen molar-refractivity contribution in [3.05, 3.63) is 17.6 Å². The van der Waals surface area contributed by atoms with Gasteiger partial charge < -0.3 is 9.73 Å². The van der Waals surface area contributed by atoms with Gasteiger partial charge in [-0.1, -0.05) is 6.92 Å². The molecule has 0 aliphatic rings. The van der Waals surface area contributed by atoms with Crippen LogP contribution in [-0.2, 0) is 10.0 Å². The van der Waals surface area contributed by atoms with Gasteiger partial charge in [0.1, 0.15) is 16.4 Å². The minimum absolute atomic E-state index is 0.228. The summed E-state index contributed by atoms with van der Waals surface area (Å²) in [6.45, 7) is 6.54. The van der Waals surface area contributed by atoms with Crippen molar-refractivity contribution < 1.29 is 12.8 Å². The lowest BCUT2D eigenvalue weighted by molar-refractivity contribution is 0.493. The Kier molecular flexibility index (Phi) is 4.73. The third kappa shape index (κ3) is 3.83. The van der Waals surface area contributed by atoms with E-state index in [4.69, 9.17) is 4.42 Å². The summed E-state index contributed by atoms with van der Waals surface area (Å²) in [6.07, 6.45) is 0. The van der Waals surface area contributed by atoms with Crippen molar-refractivity contribution in [2.24, 2.45) is 5.92 Å². The van der Waals surface area contributed by atoms with Crippen molar-refractivity contribution in [3.8, 4) is 0 Å². The minimum atomic E-state index is -3.46. The van der Waals surface area contributed by atoms with Crippen LogP contribution < -0.4 is 10.0 Å². The standard InChI is InChI=1S/C11H20N2O3S/c1-8(6-12-4)7-13-17(14,15)11-5-9(2)16-10(11)3/h5,8,12-13H,6-7H2,1-4H3/t8-/m1/s1. The molecule has 0 aliphatic carbocycles. The number of rotatable bonds is 6. The van der Waals surface area contributed by atoms with Gasteiger partial charge in [0, 0.05) is 6.54 Å². The van der Waals surface area contributed by atoms with E-state index in [1.807, 2.05) is 14.0 Å². The molecule has 0 bridgehead atoms. The first-order valence-corrected chi connectivity index (χ1v) is 7.06. The highest BCUT2D eigenvalue weighted by atomic mass is 32.2. The smallest absolute Gasteiger partial charge is 0.244 e. The van der Waals surface area contributed by atoms with Gasteiger partial charge in [0.05, 0.1) is 0 Å². The van der Waals surface area contributed by atoms with Crippen molar-refractivity contribution in [1.82, 2.24) is 10.0 Å². The summed E-state index contributed by atoms with van der Waals surface area (Å²) in [5.41, 5.74) is 0. The number of hydrogen-bond acceptors (Lipinski definition) is 4. The first-order valence-electron chi connectivity index (χ1n) is 5.58. The second kappa shape index (κ2) is 5.66. The van der Waals surface area contributed by atoms with Crippen LogP contribution >= 0.6 is 0 Å². The molecule has 1 aromatic rings. The van der Waals surface area contributed by atoms with Crippen molar-refractivity contribution in [1.29, 1.82) is 0 Å². The molecule has 98 valence electrons. The molecule has 5 nitrogen and oxygen atoms in total. The van der Waals surface area contributed by atoms with Crippen LogP contribution in [0.5, 0.6) is 0 Å². The summed E-state index contributed by atoms with van der Waals surface area (Å²) in [5.74, 6) is 1.27. The fraction of sp³-hybridized carbons (Fsp3) is 0.636. The van der Waals surface area contributed by atoms with E-state index in [2.05, 4.69) is 10.0 Å². The first kappa shape index (κ1) is 14.2. The summed E-state index contributed by atoms with van der Waals surface area (Å²) in [4.78, 5) is 0.228. The lowest BCUT2D eigenvalue weighted by Crippen LogP contribution is -2.32. The predicted molar refractivity (Wildman–Crippen MR) is 66.5 cm³/mol. The van der Waals surface area contributed by atoms with Crippen LogP contribution in [0.2, 0.25) is 0 Å². The topological polar surface area (TPSA) is 71.3 Å². The largest absolute Gasteiger partial charge is 0.465 e. The van der Waals surface area contributed by atoms with Gasteiger partial charge in [-0.3, -0.25) is 0 Å². The van der Waals surface area contributed by atoms with Crippen LogP contribution in [0, 0.1) is 19.8 Å². The first-order chi connectivity index (χ1) is 7.86. The molecule has 0 unspecified atom stereocenters. The summed E-state index contributed by atoms with van der Waals surface area (Å²) in [5, 5.41) is 3.01. The van der Waals surface area contributed by atoms with E-state index in [-0.39, 0.29) is 10.8 Å². The van der Waals surface area contributed by atoms with Crippen LogP contribution in [0.15, 0.2) is 15.4 Å². The molecule has 1 heterocycles. The highest BCUT2D eigenvalue weighted by Gasteiger charge is 2.20. The van der Waals surface area contributed by atoms with E-state index in [0.29, 0.717) is 18.1 Å². The molecule has 0 saturated carbocycles. The zero-order chi connectivity index (χ0) is 13.1. The number of furan rings is 1. The van der Waals surface area contributed by atoms with Crippen molar-refractivity contribution in [2.45, 2.75) is 25.7 Å². The molecule has 0 saturated heterocycles. The summed E-state index contributed by atoms with van der Waals surface area (Å²) >= 11 is 0. The molecule has 2 N–H and O–H groups in total. The molecule has 17 heavy (non-hydrogen) atoms. The lowest BCUT2D eigenvalue weighted by Gasteiger charge is -2.11. The fourth-order valence-electron chi connectivity index (χ4n) is 1.62. The zero-order valence-corrected chi connectivity index (χ0v) is 11.5. The summed E-state index contributed by atoms with van der Waals surface area (Å²) in [7, 11) is -1.61. The SMILES string of the molecule is CNC[C@@H](C)CNS(=O)(=O)c1cc(C)oc1C. The monoisotopic (exact) mass is 260 g/mol. The van der Waals surface area contributed by atoms with E-state index in [1.165, 1.54) is 0 Å². The summed E-state index contributed by atoms with van der Waals surface area (Å²) < 4.78 is 31.8. The second-order valence-electron chi connectivity index (χ2n) is 4.29. The van der Waals surface area contributed by atoms with Gasteiger partial charge in [-0.05, 0) is 39.4 Å². The van der Waals surface area contributed by atoms with E-state index in [9.17, 15) is 8.42 Å². The van der Waals surface area contributed by atoms with Crippen LogP contribution in [0.1, 0.15) is 18.4 Å². The maximum Gasteiger partial charge on any atom is 0.244 e. The Morgan fingerprint density at radius 3 is 2.47 bits per heavy atom. The molecule has 0 fully saturated rings. The number of sulfonamides is 1. The van der Waals surface area contributed by atoms with Gasteiger partial charge in [0.2, 0.25) is 10.0 Å². The van der Waals surface area contributed by atoms with Crippen LogP contribution in [-0.4, -0.2) is 28.6 Å². The molecule has 0 radical (unpaired) electrons. The Morgan fingerprint density at radius 2 is 2.00 bits per heavy atom. The van der Waals surface area contributed by atoms with Crippen LogP contribution in [0.25, 0.3) is 0 Å². The molecule has 0 spiro atoms. The normalized spacial score (nSPS) is 13.9. The Labute approximate surface area is 103 Å². The highest BCUT2D eigenvalue weighted by Crippen LogP contribution is 2.19. The van der Waals surface area contributed by atoms with Gasteiger partial charge in [0.15, 0.2) is 0 Å². The van der Waals surface area contributed by atoms with E-state index < -0.39 is 10.0 Å². The maximum atomic E-state index is 12.0. The molecule has 1 rings (SSSR count). The van der Waals surface area contributed by atoms with E-state index in [0.717, 1.165) is 6.54 Å². The molecule has 0 amide bonds. The average Bonchev–Trinajstić information content (AvgIpc) is 2.56. The molecule has 0 aromatic carbocycles. The van der Waals surface area contributed by atoms with Gasteiger partial charge in [0.25, 0.3) is 0 Å². The molecular formula is C11H20N2O3S. The Morgan fingerprint density at radius 1 is 1.35 bits per heavy atom. The summed E-state index contributed by atoms with van der Waals surface area (Å²) in [6, 6.07) is 1.54. The van der Waals surface area contributed by atoms with Crippen molar-refractivity contribution in [3.63, 3.8) is 0 Å². The molecule has 1 aromatic heterocycles. The van der Waals surface area contributed by atoms with Crippen LogP contribution in [0.4, 0.5) is 0 Å². The molecule has 6 heteroatoms. The van der Waals surface area contributed by atoms with Gasteiger partial charge >= 0.3 is 0 Å². The molecule has 0 aliphatic heterocycles. The molecular weight excluding hydrogens is 240 g/mol. The second-order valence-corrected chi connectivity index (χ2v) is 6.03. The van der Waals surface area contributed by atoms with Crippen molar-refractivity contribution >= 4 is 10.0 Å². The maximum absolute atomic E-state index is 12.0. The van der Waals surface area contributed by atoms with E-state index >= 15 is 0 Å². The van der Waals surface area contributed by atoms with Crippen molar-refractivity contribution in [2.75, 3.05) is 20.1 Å². The third-order valence-electron chi connectivity index (χ3n) is 2.46. The van der Waals surface area contributed by atoms with Gasteiger partial charge in [-0.15, -0.1) is 0 Å². The van der Waals surface area contributed by atoms with Gasteiger partial charge in [-0.25, -0.2) is 13.1 Å². The number of nitrogens with one attached hydrogen (secondary N) is 2.